The summed E-state index contributed by atoms with van der Waals surface area (Å²) in [7, 11) is -3.74. The first kappa shape index (κ1) is 16.9. The van der Waals surface area contributed by atoms with Crippen LogP contribution in [0.15, 0.2) is 46.3 Å². The molecule has 0 unspecified atom stereocenters. The highest BCUT2D eigenvalue weighted by molar-refractivity contribution is 7.89. The van der Waals surface area contributed by atoms with Crippen molar-refractivity contribution in [3.05, 3.63) is 58.3 Å². The number of pyridine rings is 1. The number of aryl methyl sites for hydroxylation is 1. The molecule has 0 saturated heterocycles. The molecule has 3 rings (SSSR count). The average molecular weight is 361 g/mol. The molecule has 0 atom stereocenters. The molecule has 0 radical (unpaired) electrons. The number of nitrogens with zero attached hydrogens (tertiary/aromatic N) is 3. The van der Waals surface area contributed by atoms with Crippen LogP contribution in [0.25, 0.3) is 11.0 Å². The quantitative estimate of drug-likeness (QED) is 0.578. The molecule has 9 nitrogen and oxygen atoms in total. The summed E-state index contributed by atoms with van der Waals surface area (Å²) in [4.78, 5) is 19.9. The van der Waals surface area contributed by atoms with E-state index in [2.05, 4.69) is 15.3 Å². The Hall–Kier alpha value is -2.98. The van der Waals surface area contributed by atoms with E-state index < -0.39 is 15.6 Å². The van der Waals surface area contributed by atoms with Crippen molar-refractivity contribution in [1.82, 2.24) is 14.7 Å². The standard InChI is InChI=1S/C15H15N5O4S/c1-9-14-12(6-13(21)20(22)15(14)19-8-18-9)17-7-10-2-4-11(5-3-10)25(16,23)24/h2-6,8,17,22H,7H2,1H3,(H2,16,23,24). The van der Waals surface area contributed by atoms with Gasteiger partial charge in [0, 0.05) is 12.6 Å². The molecule has 0 fully saturated rings. The van der Waals surface area contributed by atoms with Gasteiger partial charge < -0.3 is 10.5 Å². The van der Waals surface area contributed by atoms with Gasteiger partial charge in [-0.15, -0.1) is 4.73 Å². The number of primary sulfonamides is 1. The van der Waals surface area contributed by atoms with Crippen LogP contribution in [0.4, 0.5) is 5.69 Å². The molecule has 0 saturated carbocycles. The maximum Gasteiger partial charge on any atom is 0.286 e. The molecule has 2 heterocycles. The Labute approximate surface area is 142 Å². The number of nitrogens with one attached hydrogen (secondary N) is 1. The van der Waals surface area contributed by atoms with Crippen LogP contribution in [0.5, 0.6) is 0 Å². The van der Waals surface area contributed by atoms with Crippen molar-refractivity contribution in [2.45, 2.75) is 18.4 Å². The second kappa shape index (κ2) is 6.15. The molecule has 0 aliphatic carbocycles. The van der Waals surface area contributed by atoms with Crippen molar-refractivity contribution >= 4 is 26.7 Å². The normalized spacial score (nSPS) is 11.6. The monoisotopic (exact) mass is 361 g/mol. The zero-order valence-electron chi connectivity index (χ0n) is 13.2. The molecule has 0 aliphatic heterocycles. The number of benzene rings is 1. The summed E-state index contributed by atoms with van der Waals surface area (Å²) in [5.74, 6) is 0. The number of hydrogen-bond donors (Lipinski definition) is 3. The Morgan fingerprint density at radius 3 is 2.56 bits per heavy atom. The van der Waals surface area contributed by atoms with Crippen molar-refractivity contribution < 1.29 is 13.6 Å². The Balaban J connectivity index is 1.94. The molecule has 0 amide bonds. The molecular weight excluding hydrogens is 346 g/mol. The van der Waals surface area contributed by atoms with Gasteiger partial charge in [-0.25, -0.2) is 23.5 Å². The zero-order valence-corrected chi connectivity index (χ0v) is 14.0. The van der Waals surface area contributed by atoms with Crippen LogP contribution in [0, 0.1) is 6.92 Å². The summed E-state index contributed by atoms with van der Waals surface area (Å²) in [6, 6.07) is 7.30. The SMILES string of the molecule is Cc1ncnc2c1c(NCc1ccc(S(N)(=O)=O)cc1)cc(=O)n2O. The van der Waals surface area contributed by atoms with Gasteiger partial charge in [0.1, 0.15) is 6.33 Å². The first-order chi connectivity index (χ1) is 11.8. The van der Waals surface area contributed by atoms with Crippen LogP contribution in [-0.2, 0) is 16.6 Å². The van der Waals surface area contributed by atoms with E-state index in [-0.39, 0.29) is 10.5 Å². The lowest BCUT2D eigenvalue weighted by atomic mass is 10.2. The Morgan fingerprint density at radius 2 is 1.92 bits per heavy atom. The minimum atomic E-state index is -3.74. The molecule has 3 aromatic rings. The summed E-state index contributed by atoms with van der Waals surface area (Å²) in [6.07, 6.45) is 1.26. The van der Waals surface area contributed by atoms with Gasteiger partial charge in [-0.3, -0.25) is 4.79 Å². The van der Waals surface area contributed by atoms with Crippen LogP contribution in [0.3, 0.4) is 0 Å². The lowest BCUT2D eigenvalue weighted by Crippen LogP contribution is -2.20. The lowest BCUT2D eigenvalue weighted by molar-refractivity contribution is 0.186. The van der Waals surface area contributed by atoms with Crippen LogP contribution in [0.2, 0.25) is 0 Å². The van der Waals surface area contributed by atoms with Gasteiger partial charge in [0.2, 0.25) is 10.0 Å². The molecule has 0 aliphatic rings. The molecule has 0 spiro atoms. The first-order valence-electron chi connectivity index (χ1n) is 7.19. The molecule has 10 heteroatoms. The van der Waals surface area contributed by atoms with E-state index in [1.54, 1.807) is 19.1 Å². The molecule has 1 aromatic carbocycles. The lowest BCUT2D eigenvalue weighted by Gasteiger charge is -2.12. The highest BCUT2D eigenvalue weighted by Gasteiger charge is 2.12. The fourth-order valence-electron chi connectivity index (χ4n) is 2.43. The second-order valence-electron chi connectivity index (χ2n) is 5.41. The third-order valence-electron chi connectivity index (χ3n) is 3.70. The number of rotatable bonds is 4. The predicted octanol–water partition coefficient (Wildman–Crippen LogP) is 0.597. The van der Waals surface area contributed by atoms with Crippen molar-refractivity contribution in [3.63, 3.8) is 0 Å². The molecule has 25 heavy (non-hydrogen) atoms. The number of sulfonamides is 1. The van der Waals surface area contributed by atoms with E-state index in [9.17, 15) is 18.4 Å². The van der Waals surface area contributed by atoms with E-state index in [0.717, 1.165) is 5.56 Å². The minimum Gasteiger partial charge on any atom is -0.423 e. The Morgan fingerprint density at radius 1 is 1.24 bits per heavy atom. The Bertz CT molecular complexity index is 1110. The van der Waals surface area contributed by atoms with E-state index in [0.29, 0.717) is 28.0 Å². The summed E-state index contributed by atoms with van der Waals surface area (Å²) in [5.41, 5.74) is 1.33. The van der Waals surface area contributed by atoms with E-state index in [4.69, 9.17) is 5.14 Å². The van der Waals surface area contributed by atoms with Crippen molar-refractivity contribution in [1.29, 1.82) is 0 Å². The second-order valence-corrected chi connectivity index (χ2v) is 6.97. The molecule has 4 N–H and O–H groups in total. The third kappa shape index (κ3) is 3.30. The summed E-state index contributed by atoms with van der Waals surface area (Å²) < 4.78 is 23.0. The van der Waals surface area contributed by atoms with E-state index in [1.807, 2.05) is 0 Å². The highest BCUT2D eigenvalue weighted by atomic mass is 32.2. The van der Waals surface area contributed by atoms with Crippen molar-refractivity contribution in [2.75, 3.05) is 5.32 Å². The van der Waals surface area contributed by atoms with Crippen molar-refractivity contribution in [3.8, 4) is 0 Å². The van der Waals surface area contributed by atoms with E-state index in [1.165, 1.54) is 24.5 Å². The number of hydrogen-bond acceptors (Lipinski definition) is 7. The maximum atomic E-state index is 11.9. The van der Waals surface area contributed by atoms with Crippen molar-refractivity contribution in [2.24, 2.45) is 5.14 Å². The van der Waals surface area contributed by atoms with Gasteiger partial charge in [-0.1, -0.05) is 12.1 Å². The topological polar surface area (TPSA) is 140 Å². The van der Waals surface area contributed by atoms with Gasteiger partial charge in [0.15, 0.2) is 5.65 Å². The fourth-order valence-corrected chi connectivity index (χ4v) is 2.95. The van der Waals surface area contributed by atoms with Gasteiger partial charge >= 0.3 is 0 Å². The van der Waals surface area contributed by atoms with Crippen LogP contribution >= 0.6 is 0 Å². The van der Waals surface area contributed by atoms with Gasteiger partial charge in [-0.2, -0.15) is 0 Å². The summed E-state index contributed by atoms with van der Waals surface area (Å²) >= 11 is 0. The first-order valence-corrected chi connectivity index (χ1v) is 8.74. The number of nitrogens with two attached hydrogens (primary N) is 1. The zero-order chi connectivity index (χ0) is 18.2. The Kier molecular flexibility index (Phi) is 4.15. The minimum absolute atomic E-state index is 0.0221. The largest absolute Gasteiger partial charge is 0.423 e. The molecule has 2 aromatic heterocycles. The molecule has 130 valence electrons. The molecule has 0 bridgehead atoms. The third-order valence-corrected chi connectivity index (χ3v) is 4.63. The maximum absolute atomic E-state index is 11.9. The molecular formula is C15H15N5O4S. The van der Waals surface area contributed by atoms with Gasteiger partial charge in [0.05, 0.1) is 21.7 Å². The number of aromatic nitrogens is 3. The van der Waals surface area contributed by atoms with Crippen LogP contribution < -0.4 is 16.0 Å². The van der Waals surface area contributed by atoms with Gasteiger partial charge in [-0.05, 0) is 24.6 Å². The number of anilines is 1. The predicted molar refractivity (Wildman–Crippen MR) is 90.9 cm³/mol. The van der Waals surface area contributed by atoms with Gasteiger partial charge in [0.25, 0.3) is 5.56 Å². The van der Waals surface area contributed by atoms with E-state index >= 15 is 0 Å². The fraction of sp³-hybridized carbons (Fsp3) is 0.133. The summed E-state index contributed by atoms with van der Waals surface area (Å²) in [5, 5.41) is 18.5. The summed E-state index contributed by atoms with van der Waals surface area (Å²) in [6.45, 7) is 2.06. The highest BCUT2D eigenvalue weighted by Crippen LogP contribution is 2.22. The number of fused-ring (bicyclic) bond motifs is 1. The van der Waals surface area contributed by atoms with Crippen LogP contribution in [0.1, 0.15) is 11.3 Å². The van der Waals surface area contributed by atoms with Crippen LogP contribution in [-0.4, -0.2) is 28.3 Å². The smallest absolute Gasteiger partial charge is 0.286 e. The average Bonchev–Trinajstić information content (AvgIpc) is 2.56.